The first-order valence-corrected chi connectivity index (χ1v) is 2.57. The fourth-order valence-electron chi connectivity index (χ4n) is 0.341. The number of halogens is 7. The fourth-order valence-corrected chi connectivity index (χ4v) is 0.341. The van der Waals surface area contributed by atoms with Gasteiger partial charge < -0.3 is 0 Å². The third kappa shape index (κ3) is 1.89. The molecule has 0 nitrogen and oxygen atoms in total. The van der Waals surface area contributed by atoms with E-state index in [9.17, 15) is 30.7 Å². The van der Waals surface area contributed by atoms with Gasteiger partial charge in [0.25, 0.3) is 0 Å². The van der Waals surface area contributed by atoms with Crippen LogP contribution in [0.5, 0.6) is 0 Å². The highest BCUT2D eigenvalue weighted by atomic mass is 19.4. The van der Waals surface area contributed by atoms with Crippen molar-refractivity contribution in [3.05, 3.63) is 11.7 Å². The summed E-state index contributed by atoms with van der Waals surface area (Å²) >= 11 is 0. The summed E-state index contributed by atoms with van der Waals surface area (Å²) in [5, 5.41) is 0. The van der Waals surface area contributed by atoms with E-state index in [1.807, 2.05) is 0 Å². The minimum Gasteiger partial charge on any atom is -0.209 e. The van der Waals surface area contributed by atoms with E-state index < -0.39 is 23.8 Å². The Hall–Kier alpha value is -0.750. The molecule has 7 heteroatoms. The lowest BCUT2D eigenvalue weighted by molar-refractivity contribution is -0.271. The van der Waals surface area contributed by atoms with Gasteiger partial charge in [0.1, 0.15) is 5.83 Å². The molecule has 0 atom stereocenters. The van der Waals surface area contributed by atoms with Gasteiger partial charge in [-0.2, -0.15) is 22.0 Å². The SMILES string of the molecule is C/C(F)=C(\F)C(F)(F)C(F)(F)F. The van der Waals surface area contributed by atoms with Crippen LogP contribution in [0.4, 0.5) is 30.7 Å². The van der Waals surface area contributed by atoms with Crippen molar-refractivity contribution in [3.8, 4) is 0 Å². The summed E-state index contributed by atoms with van der Waals surface area (Å²) < 4.78 is 80.8. The second-order valence-electron chi connectivity index (χ2n) is 1.92. The van der Waals surface area contributed by atoms with Crippen molar-refractivity contribution in [1.29, 1.82) is 0 Å². The van der Waals surface area contributed by atoms with Crippen LogP contribution in [0.2, 0.25) is 0 Å². The Labute approximate surface area is 62.7 Å². The van der Waals surface area contributed by atoms with Gasteiger partial charge in [-0.3, -0.25) is 0 Å². The Morgan fingerprint density at radius 2 is 1.25 bits per heavy atom. The molecule has 0 aliphatic heterocycles. The van der Waals surface area contributed by atoms with Crippen molar-refractivity contribution in [3.63, 3.8) is 0 Å². The van der Waals surface area contributed by atoms with E-state index in [1.165, 1.54) is 0 Å². The van der Waals surface area contributed by atoms with Gasteiger partial charge in [-0.1, -0.05) is 0 Å². The molecule has 0 aliphatic rings. The molecule has 0 fully saturated rings. The van der Waals surface area contributed by atoms with Crippen LogP contribution in [0.1, 0.15) is 6.92 Å². The van der Waals surface area contributed by atoms with Gasteiger partial charge in [-0.25, -0.2) is 8.78 Å². The second-order valence-corrected chi connectivity index (χ2v) is 1.92. The third-order valence-electron chi connectivity index (χ3n) is 0.934. The van der Waals surface area contributed by atoms with E-state index in [4.69, 9.17) is 0 Å². The van der Waals surface area contributed by atoms with Crippen molar-refractivity contribution < 1.29 is 30.7 Å². The van der Waals surface area contributed by atoms with Crippen molar-refractivity contribution in [1.82, 2.24) is 0 Å². The summed E-state index contributed by atoms with van der Waals surface area (Å²) in [4.78, 5) is 0. The Balaban J connectivity index is 5.01. The average molecular weight is 196 g/mol. The number of hydrogen-bond acceptors (Lipinski definition) is 0. The molecule has 0 radical (unpaired) electrons. The molecular weight excluding hydrogens is 193 g/mol. The van der Waals surface area contributed by atoms with E-state index in [-0.39, 0.29) is 6.92 Å². The topological polar surface area (TPSA) is 0 Å². The summed E-state index contributed by atoms with van der Waals surface area (Å²) in [6, 6.07) is 0. The van der Waals surface area contributed by atoms with E-state index in [1.54, 1.807) is 0 Å². The molecule has 0 spiro atoms. The van der Waals surface area contributed by atoms with Gasteiger partial charge in [-0.15, -0.1) is 0 Å². The van der Waals surface area contributed by atoms with Gasteiger partial charge in [0.05, 0.1) is 0 Å². The molecule has 0 N–H and O–H groups in total. The molecule has 0 unspecified atom stereocenters. The zero-order valence-electron chi connectivity index (χ0n) is 5.65. The predicted octanol–water partition coefficient (Wildman–Crippen LogP) is 3.35. The highest BCUT2D eigenvalue weighted by Gasteiger charge is 2.62. The Bertz CT molecular complexity index is 194. The van der Waals surface area contributed by atoms with E-state index in [2.05, 4.69) is 0 Å². The summed E-state index contributed by atoms with van der Waals surface area (Å²) in [5.41, 5.74) is 0. The highest BCUT2D eigenvalue weighted by Crippen LogP contribution is 2.42. The number of hydrogen-bond donors (Lipinski definition) is 0. The number of allylic oxidation sites excluding steroid dienone is 2. The largest absolute Gasteiger partial charge is 0.460 e. The maximum Gasteiger partial charge on any atom is 0.460 e. The van der Waals surface area contributed by atoms with Gasteiger partial charge in [0.2, 0.25) is 5.83 Å². The van der Waals surface area contributed by atoms with Crippen LogP contribution in [0.25, 0.3) is 0 Å². The summed E-state index contributed by atoms with van der Waals surface area (Å²) in [7, 11) is 0. The third-order valence-corrected chi connectivity index (χ3v) is 0.934. The maximum atomic E-state index is 11.8. The van der Waals surface area contributed by atoms with Gasteiger partial charge in [0.15, 0.2) is 0 Å². The molecule has 0 aromatic carbocycles. The van der Waals surface area contributed by atoms with Gasteiger partial charge in [0, 0.05) is 0 Å². The molecule has 0 aromatic rings. The van der Waals surface area contributed by atoms with Crippen LogP contribution >= 0.6 is 0 Å². The molecule has 0 aliphatic carbocycles. The smallest absolute Gasteiger partial charge is 0.209 e. The molecule has 0 heterocycles. The predicted molar refractivity (Wildman–Crippen MR) is 25.9 cm³/mol. The van der Waals surface area contributed by atoms with Crippen LogP contribution in [0.3, 0.4) is 0 Å². The average Bonchev–Trinajstić information content (AvgIpc) is 1.83. The summed E-state index contributed by atoms with van der Waals surface area (Å²) in [6.07, 6.45) is -6.11. The molecular formula is C5H3F7. The van der Waals surface area contributed by atoms with E-state index in [0.29, 0.717) is 0 Å². The number of rotatable bonds is 1. The van der Waals surface area contributed by atoms with Crippen molar-refractivity contribution >= 4 is 0 Å². The lowest BCUT2D eigenvalue weighted by Gasteiger charge is -2.17. The monoisotopic (exact) mass is 196 g/mol. The lowest BCUT2D eigenvalue weighted by Crippen LogP contribution is -2.37. The minimum absolute atomic E-state index is 0.176. The van der Waals surface area contributed by atoms with Crippen LogP contribution in [-0.2, 0) is 0 Å². The molecule has 0 amide bonds. The first-order chi connectivity index (χ1) is 5.10. The normalized spacial score (nSPS) is 16.0. The van der Waals surface area contributed by atoms with E-state index in [0.717, 1.165) is 0 Å². The summed E-state index contributed by atoms with van der Waals surface area (Å²) in [6.45, 7) is 0.176. The summed E-state index contributed by atoms with van der Waals surface area (Å²) in [5.74, 6) is -11.0. The van der Waals surface area contributed by atoms with Crippen molar-refractivity contribution in [2.45, 2.75) is 19.0 Å². The van der Waals surface area contributed by atoms with Gasteiger partial charge in [-0.05, 0) is 6.92 Å². The quantitative estimate of drug-likeness (QED) is 0.564. The fraction of sp³-hybridized carbons (Fsp3) is 0.600. The molecule has 0 rings (SSSR count). The highest BCUT2D eigenvalue weighted by molar-refractivity contribution is 5.10. The van der Waals surface area contributed by atoms with Crippen LogP contribution in [0.15, 0.2) is 11.7 Å². The Kier molecular flexibility index (Phi) is 2.76. The standard InChI is InChI=1S/C5H3F7/c1-2(6)3(7)4(8,9)5(10,11)12/h1H3/b3-2+. The lowest BCUT2D eigenvalue weighted by atomic mass is 10.2. The first kappa shape index (κ1) is 11.2. The van der Waals surface area contributed by atoms with Gasteiger partial charge >= 0.3 is 12.1 Å². The Morgan fingerprint density at radius 1 is 0.917 bits per heavy atom. The zero-order valence-corrected chi connectivity index (χ0v) is 5.65. The molecule has 12 heavy (non-hydrogen) atoms. The molecule has 0 saturated carbocycles. The maximum absolute atomic E-state index is 11.8. The molecule has 0 aromatic heterocycles. The van der Waals surface area contributed by atoms with Crippen molar-refractivity contribution in [2.24, 2.45) is 0 Å². The van der Waals surface area contributed by atoms with E-state index >= 15 is 0 Å². The Morgan fingerprint density at radius 3 is 1.33 bits per heavy atom. The second kappa shape index (κ2) is 2.95. The van der Waals surface area contributed by atoms with Crippen molar-refractivity contribution in [2.75, 3.05) is 0 Å². The first-order valence-electron chi connectivity index (χ1n) is 2.57. The number of alkyl halides is 5. The zero-order chi connectivity index (χ0) is 10.2. The molecule has 0 bridgehead atoms. The van der Waals surface area contributed by atoms with Crippen LogP contribution in [0, 0.1) is 0 Å². The molecule has 0 saturated heterocycles. The van der Waals surface area contributed by atoms with Crippen LogP contribution < -0.4 is 0 Å². The molecule has 72 valence electrons. The minimum atomic E-state index is -6.11. The van der Waals surface area contributed by atoms with Crippen LogP contribution in [-0.4, -0.2) is 12.1 Å².